The summed E-state index contributed by atoms with van der Waals surface area (Å²) in [6.45, 7) is 4.70. The summed E-state index contributed by atoms with van der Waals surface area (Å²) in [6, 6.07) is 5.22. The molecule has 1 aromatic rings. The molecule has 1 aromatic carbocycles. The van der Waals surface area contributed by atoms with Gasteiger partial charge in [-0.2, -0.15) is 0 Å². The third-order valence-corrected chi connectivity index (χ3v) is 3.59. The summed E-state index contributed by atoms with van der Waals surface area (Å²) in [5.41, 5.74) is 6.99. The van der Waals surface area contributed by atoms with Gasteiger partial charge >= 0.3 is 0 Å². The molecule has 0 bridgehead atoms. The third-order valence-electron chi connectivity index (χ3n) is 3.59. The molecule has 0 spiro atoms. The molecular formula is C14H22FN3O. The number of anilines is 1. The molecule has 1 aliphatic heterocycles. The highest BCUT2D eigenvalue weighted by Crippen LogP contribution is 2.21. The average Bonchev–Trinajstić information content (AvgIpc) is 2.65. The van der Waals surface area contributed by atoms with Gasteiger partial charge in [0.15, 0.2) is 0 Å². The molecule has 1 saturated heterocycles. The monoisotopic (exact) mass is 267 g/mol. The first kappa shape index (κ1) is 14.2. The quantitative estimate of drug-likeness (QED) is 0.847. The molecule has 106 valence electrons. The average molecular weight is 267 g/mol. The van der Waals surface area contributed by atoms with Crippen LogP contribution in [-0.4, -0.2) is 49.3 Å². The van der Waals surface area contributed by atoms with Crippen LogP contribution in [0.3, 0.4) is 0 Å². The molecule has 2 rings (SSSR count). The van der Waals surface area contributed by atoms with Crippen molar-refractivity contribution in [2.45, 2.75) is 13.0 Å². The van der Waals surface area contributed by atoms with Crippen LogP contribution in [0, 0.1) is 5.82 Å². The van der Waals surface area contributed by atoms with E-state index in [9.17, 15) is 4.39 Å². The largest absolute Gasteiger partial charge is 0.395 e. The van der Waals surface area contributed by atoms with E-state index >= 15 is 0 Å². The van der Waals surface area contributed by atoms with Crippen molar-refractivity contribution in [2.75, 3.05) is 44.2 Å². The lowest BCUT2D eigenvalue weighted by molar-refractivity contribution is 0.204. The molecule has 0 atom stereocenters. The van der Waals surface area contributed by atoms with Gasteiger partial charge in [-0.3, -0.25) is 4.90 Å². The summed E-state index contributed by atoms with van der Waals surface area (Å²) in [5, 5.41) is 8.97. The SMILES string of the molecule is NCc1ccc(N2CCCN(CCO)CC2)c(F)c1. The summed E-state index contributed by atoms with van der Waals surface area (Å²) < 4.78 is 14.0. The molecule has 4 nitrogen and oxygen atoms in total. The molecule has 0 unspecified atom stereocenters. The minimum absolute atomic E-state index is 0.180. The second-order valence-electron chi connectivity index (χ2n) is 4.90. The van der Waals surface area contributed by atoms with Crippen molar-refractivity contribution < 1.29 is 9.50 Å². The Morgan fingerprint density at radius 3 is 2.74 bits per heavy atom. The Bertz CT molecular complexity index is 414. The first-order valence-electron chi connectivity index (χ1n) is 6.81. The number of hydrogen-bond donors (Lipinski definition) is 2. The standard InChI is InChI=1S/C14H22FN3O/c15-13-10-12(11-16)2-3-14(13)18-5-1-4-17(6-7-18)8-9-19/h2-3,10,19H,1,4-9,11,16H2. The summed E-state index contributed by atoms with van der Waals surface area (Å²) >= 11 is 0. The minimum Gasteiger partial charge on any atom is -0.395 e. The predicted octanol–water partition coefficient (Wildman–Crippen LogP) is 0.789. The number of hydrogen-bond acceptors (Lipinski definition) is 4. The Morgan fingerprint density at radius 1 is 1.21 bits per heavy atom. The fraction of sp³-hybridized carbons (Fsp3) is 0.571. The van der Waals surface area contributed by atoms with Crippen LogP contribution < -0.4 is 10.6 Å². The summed E-state index contributed by atoms with van der Waals surface area (Å²) in [4.78, 5) is 4.29. The predicted molar refractivity (Wildman–Crippen MR) is 74.6 cm³/mol. The van der Waals surface area contributed by atoms with Gasteiger partial charge in [0.2, 0.25) is 0 Å². The maximum absolute atomic E-state index is 14.0. The zero-order valence-electron chi connectivity index (χ0n) is 11.2. The van der Waals surface area contributed by atoms with Crippen molar-refractivity contribution in [1.82, 2.24) is 4.90 Å². The van der Waals surface area contributed by atoms with Crippen LogP contribution in [-0.2, 0) is 6.54 Å². The highest BCUT2D eigenvalue weighted by Gasteiger charge is 2.17. The number of nitrogens with zero attached hydrogens (tertiary/aromatic N) is 2. The molecule has 0 amide bonds. The lowest BCUT2D eigenvalue weighted by Crippen LogP contribution is -2.32. The van der Waals surface area contributed by atoms with Gasteiger partial charge in [0, 0.05) is 32.7 Å². The summed E-state index contributed by atoms with van der Waals surface area (Å²) in [7, 11) is 0. The highest BCUT2D eigenvalue weighted by atomic mass is 19.1. The topological polar surface area (TPSA) is 52.7 Å². The molecule has 3 N–H and O–H groups in total. The van der Waals surface area contributed by atoms with E-state index in [0.29, 0.717) is 18.8 Å². The van der Waals surface area contributed by atoms with E-state index < -0.39 is 0 Å². The van der Waals surface area contributed by atoms with Gasteiger partial charge in [-0.1, -0.05) is 6.07 Å². The zero-order chi connectivity index (χ0) is 13.7. The van der Waals surface area contributed by atoms with Gasteiger partial charge in [-0.05, 0) is 30.7 Å². The summed E-state index contributed by atoms with van der Waals surface area (Å²) in [5.74, 6) is -0.196. The molecule has 1 aliphatic rings. The van der Waals surface area contributed by atoms with E-state index in [1.165, 1.54) is 6.07 Å². The fourth-order valence-electron chi connectivity index (χ4n) is 2.51. The number of rotatable bonds is 4. The van der Waals surface area contributed by atoms with E-state index in [1.54, 1.807) is 0 Å². The first-order chi connectivity index (χ1) is 9.24. The van der Waals surface area contributed by atoms with Crippen molar-refractivity contribution in [3.05, 3.63) is 29.6 Å². The smallest absolute Gasteiger partial charge is 0.146 e. The number of β-amino-alcohol motifs (C(OH)–C–C–N with tert-alkyl or cyclic N) is 1. The van der Waals surface area contributed by atoms with E-state index in [0.717, 1.165) is 38.2 Å². The van der Waals surface area contributed by atoms with Gasteiger partial charge in [-0.15, -0.1) is 0 Å². The van der Waals surface area contributed by atoms with Crippen LogP contribution in [0.25, 0.3) is 0 Å². The highest BCUT2D eigenvalue weighted by molar-refractivity contribution is 5.49. The lowest BCUT2D eigenvalue weighted by atomic mass is 10.2. The van der Waals surface area contributed by atoms with Crippen molar-refractivity contribution in [2.24, 2.45) is 5.73 Å². The molecule has 1 fully saturated rings. The Labute approximate surface area is 113 Å². The van der Waals surface area contributed by atoms with Crippen LogP contribution in [0.1, 0.15) is 12.0 Å². The molecule has 0 aromatic heterocycles. The van der Waals surface area contributed by atoms with Crippen LogP contribution in [0.15, 0.2) is 18.2 Å². The number of aliphatic hydroxyl groups excluding tert-OH is 1. The van der Waals surface area contributed by atoms with Crippen molar-refractivity contribution >= 4 is 5.69 Å². The number of benzene rings is 1. The fourth-order valence-corrected chi connectivity index (χ4v) is 2.51. The maximum atomic E-state index is 14.0. The van der Waals surface area contributed by atoms with Crippen LogP contribution in [0.4, 0.5) is 10.1 Å². The second kappa shape index (κ2) is 6.84. The van der Waals surface area contributed by atoms with E-state index in [-0.39, 0.29) is 12.4 Å². The summed E-state index contributed by atoms with van der Waals surface area (Å²) in [6.07, 6.45) is 0.984. The number of halogens is 1. The molecule has 19 heavy (non-hydrogen) atoms. The molecule has 1 heterocycles. The minimum atomic E-state index is -0.196. The van der Waals surface area contributed by atoms with Gasteiger partial charge in [0.1, 0.15) is 5.82 Å². The normalized spacial score (nSPS) is 17.5. The van der Waals surface area contributed by atoms with Crippen molar-refractivity contribution in [1.29, 1.82) is 0 Å². The van der Waals surface area contributed by atoms with Crippen molar-refractivity contribution in [3.8, 4) is 0 Å². The maximum Gasteiger partial charge on any atom is 0.146 e. The van der Waals surface area contributed by atoms with E-state index in [4.69, 9.17) is 10.8 Å². The molecule has 0 aliphatic carbocycles. The molecule has 0 radical (unpaired) electrons. The molecule has 0 saturated carbocycles. The van der Waals surface area contributed by atoms with Gasteiger partial charge in [0.05, 0.1) is 12.3 Å². The van der Waals surface area contributed by atoms with Gasteiger partial charge in [-0.25, -0.2) is 4.39 Å². The first-order valence-corrected chi connectivity index (χ1v) is 6.81. The lowest BCUT2D eigenvalue weighted by Gasteiger charge is -2.24. The van der Waals surface area contributed by atoms with Crippen molar-refractivity contribution in [3.63, 3.8) is 0 Å². The van der Waals surface area contributed by atoms with Gasteiger partial charge < -0.3 is 15.7 Å². The Hall–Kier alpha value is -1.17. The Kier molecular flexibility index (Phi) is 5.13. The van der Waals surface area contributed by atoms with Crippen LogP contribution in [0.2, 0.25) is 0 Å². The second-order valence-corrected chi connectivity index (χ2v) is 4.90. The zero-order valence-corrected chi connectivity index (χ0v) is 11.2. The molecule has 5 heteroatoms. The molecular weight excluding hydrogens is 245 g/mol. The number of nitrogens with two attached hydrogens (primary N) is 1. The van der Waals surface area contributed by atoms with E-state index in [2.05, 4.69) is 9.80 Å². The van der Waals surface area contributed by atoms with E-state index in [1.807, 2.05) is 12.1 Å². The van der Waals surface area contributed by atoms with Gasteiger partial charge in [0.25, 0.3) is 0 Å². The Morgan fingerprint density at radius 2 is 2.05 bits per heavy atom. The Balaban J connectivity index is 2.05. The van der Waals surface area contributed by atoms with Crippen LogP contribution in [0.5, 0.6) is 0 Å². The number of aliphatic hydroxyl groups is 1. The third kappa shape index (κ3) is 3.65. The van der Waals surface area contributed by atoms with Crippen LogP contribution >= 0.6 is 0 Å².